The number of carbonyl (C=O) groups excluding carboxylic acids is 1. The van der Waals surface area contributed by atoms with Crippen LogP contribution in [0.1, 0.15) is 21.6 Å². The Labute approximate surface area is 163 Å². The second-order valence-corrected chi connectivity index (χ2v) is 7.78. The minimum atomic E-state index is 0.0916. The summed E-state index contributed by atoms with van der Waals surface area (Å²) in [5.41, 5.74) is 4.36. The summed E-state index contributed by atoms with van der Waals surface area (Å²) < 4.78 is 2.18. The van der Waals surface area contributed by atoms with E-state index in [1.807, 2.05) is 18.2 Å². The highest BCUT2D eigenvalue weighted by Crippen LogP contribution is 2.31. The maximum absolute atomic E-state index is 12.9. The lowest BCUT2D eigenvalue weighted by molar-refractivity contribution is 0.0972. The molecule has 3 aromatic rings. The number of rotatable bonds is 3. The fourth-order valence-corrected chi connectivity index (χ4v) is 4.07. The Morgan fingerprint density at radius 1 is 1.00 bits per heavy atom. The predicted octanol–water partition coefficient (Wildman–Crippen LogP) is 4.86. The first-order valence-corrected chi connectivity index (χ1v) is 9.55. The standard InChI is InChI=1S/C21H20Cl2N2O/c1-24-10-8-17-18-12-16(23)6-7-19(18)25(20(17)9-11-24)13-21(26)14-2-4-15(22)5-3-14/h2-7,12H,8-11,13H2,1H3. The number of hydrogen-bond acceptors (Lipinski definition) is 2. The summed E-state index contributed by atoms with van der Waals surface area (Å²) in [5, 5.41) is 2.55. The van der Waals surface area contributed by atoms with E-state index in [1.165, 1.54) is 16.6 Å². The van der Waals surface area contributed by atoms with Crippen molar-refractivity contribution in [2.24, 2.45) is 0 Å². The number of likely N-dealkylation sites (N-methyl/N-ethyl adjacent to an activating group) is 1. The molecule has 26 heavy (non-hydrogen) atoms. The average molecular weight is 387 g/mol. The lowest BCUT2D eigenvalue weighted by Crippen LogP contribution is -2.21. The molecule has 0 amide bonds. The first-order chi connectivity index (χ1) is 12.5. The number of carbonyl (C=O) groups is 1. The summed E-state index contributed by atoms with van der Waals surface area (Å²) in [5.74, 6) is 0.0916. The largest absolute Gasteiger partial charge is 0.336 e. The fourth-order valence-electron chi connectivity index (χ4n) is 3.78. The number of benzene rings is 2. The SMILES string of the molecule is CN1CCc2c(n(CC(=O)c3ccc(Cl)cc3)c3ccc(Cl)cc23)CC1. The molecule has 0 aliphatic carbocycles. The Hall–Kier alpha value is -1.81. The van der Waals surface area contributed by atoms with E-state index in [1.54, 1.807) is 24.3 Å². The summed E-state index contributed by atoms with van der Waals surface area (Å²) in [6, 6.07) is 13.1. The summed E-state index contributed by atoms with van der Waals surface area (Å²) in [4.78, 5) is 15.2. The van der Waals surface area contributed by atoms with E-state index in [4.69, 9.17) is 23.2 Å². The van der Waals surface area contributed by atoms with Crippen molar-refractivity contribution in [1.82, 2.24) is 9.47 Å². The average Bonchev–Trinajstić information content (AvgIpc) is 2.76. The highest BCUT2D eigenvalue weighted by molar-refractivity contribution is 6.31. The molecule has 1 aliphatic heterocycles. The molecule has 1 aromatic heterocycles. The van der Waals surface area contributed by atoms with Crippen molar-refractivity contribution < 1.29 is 4.79 Å². The number of hydrogen-bond donors (Lipinski definition) is 0. The topological polar surface area (TPSA) is 25.2 Å². The van der Waals surface area contributed by atoms with Gasteiger partial charge in [0.2, 0.25) is 0 Å². The zero-order chi connectivity index (χ0) is 18.3. The fraction of sp³-hybridized carbons (Fsp3) is 0.286. The van der Waals surface area contributed by atoms with Gasteiger partial charge < -0.3 is 9.47 Å². The molecule has 2 heterocycles. The van der Waals surface area contributed by atoms with E-state index in [0.29, 0.717) is 17.1 Å². The third-order valence-corrected chi connectivity index (χ3v) is 5.68. The molecule has 0 fully saturated rings. The number of aromatic nitrogens is 1. The van der Waals surface area contributed by atoms with Crippen LogP contribution in [0, 0.1) is 0 Å². The number of Topliss-reactive ketones (excluding diaryl/α,β-unsaturated/α-hetero) is 1. The molecule has 134 valence electrons. The summed E-state index contributed by atoms with van der Waals surface area (Å²) in [7, 11) is 2.14. The van der Waals surface area contributed by atoms with E-state index < -0.39 is 0 Å². The maximum atomic E-state index is 12.9. The van der Waals surface area contributed by atoms with Gasteiger partial charge in [0.05, 0.1) is 6.54 Å². The van der Waals surface area contributed by atoms with E-state index in [2.05, 4.69) is 16.5 Å². The van der Waals surface area contributed by atoms with Crippen LogP contribution in [0.2, 0.25) is 10.0 Å². The Morgan fingerprint density at radius 2 is 1.69 bits per heavy atom. The van der Waals surface area contributed by atoms with Crippen molar-refractivity contribution in [3.8, 4) is 0 Å². The highest BCUT2D eigenvalue weighted by Gasteiger charge is 2.22. The van der Waals surface area contributed by atoms with Gasteiger partial charge in [-0.3, -0.25) is 4.79 Å². The van der Waals surface area contributed by atoms with Gasteiger partial charge in [-0.15, -0.1) is 0 Å². The molecule has 0 atom stereocenters. The normalized spacial score (nSPS) is 15.0. The van der Waals surface area contributed by atoms with E-state index in [0.717, 1.165) is 36.5 Å². The third-order valence-electron chi connectivity index (χ3n) is 5.19. The van der Waals surface area contributed by atoms with Gasteiger partial charge in [0.25, 0.3) is 0 Å². The van der Waals surface area contributed by atoms with Gasteiger partial charge in [-0.2, -0.15) is 0 Å². The zero-order valence-electron chi connectivity index (χ0n) is 14.6. The predicted molar refractivity (Wildman–Crippen MR) is 108 cm³/mol. The van der Waals surface area contributed by atoms with Crippen LogP contribution in [0.15, 0.2) is 42.5 Å². The Morgan fingerprint density at radius 3 is 2.46 bits per heavy atom. The van der Waals surface area contributed by atoms with Crippen LogP contribution in [-0.4, -0.2) is 35.4 Å². The first kappa shape index (κ1) is 17.6. The molecule has 4 rings (SSSR count). The number of halogens is 2. The third kappa shape index (κ3) is 3.27. The Balaban J connectivity index is 1.79. The first-order valence-electron chi connectivity index (χ1n) is 8.80. The minimum Gasteiger partial charge on any atom is -0.336 e. The van der Waals surface area contributed by atoms with Crippen LogP contribution in [0.4, 0.5) is 0 Å². The zero-order valence-corrected chi connectivity index (χ0v) is 16.1. The van der Waals surface area contributed by atoms with Gasteiger partial charge in [-0.25, -0.2) is 0 Å². The molecule has 0 saturated carbocycles. The Bertz CT molecular complexity index is 976. The van der Waals surface area contributed by atoms with E-state index >= 15 is 0 Å². The van der Waals surface area contributed by atoms with Gasteiger partial charge in [-0.1, -0.05) is 23.2 Å². The number of nitrogens with zero attached hydrogens (tertiary/aromatic N) is 2. The quantitative estimate of drug-likeness (QED) is 0.600. The summed E-state index contributed by atoms with van der Waals surface area (Å²) in [6.07, 6.45) is 1.91. The molecule has 5 heteroatoms. The van der Waals surface area contributed by atoms with E-state index in [9.17, 15) is 4.79 Å². The van der Waals surface area contributed by atoms with Crippen LogP contribution in [0.5, 0.6) is 0 Å². The van der Waals surface area contributed by atoms with Gasteiger partial charge in [0, 0.05) is 51.7 Å². The molecule has 2 aromatic carbocycles. The van der Waals surface area contributed by atoms with Crippen LogP contribution >= 0.6 is 23.2 Å². The monoisotopic (exact) mass is 386 g/mol. The highest BCUT2D eigenvalue weighted by atomic mass is 35.5. The van der Waals surface area contributed by atoms with Gasteiger partial charge in [-0.05, 0) is 61.5 Å². The molecule has 3 nitrogen and oxygen atoms in total. The molecule has 0 unspecified atom stereocenters. The van der Waals surface area contributed by atoms with Crippen molar-refractivity contribution in [3.05, 3.63) is 69.3 Å². The second-order valence-electron chi connectivity index (χ2n) is 6.91. The van der Waals surface area contributed by atoms with Crippen molar-refractivity contribution in [1.29, 1.82) is 0 Å². The van der Waals surface area contributed by atoms with Gasteiger partial charge in [0.15, 0.2) is 5.78 Å². The molecule has 0 spiro atoms. The van der Waals surface area contributed by atoms with Crippen molar-refractivity contribution in [2.75, 3.05) is 20.1 Å². The molecular weight excluding hydrogens is 367 g/mol. The van der Waals surface area contributed by atoms with Crippen LogP contribution in [0.3, 0.4) is 0 Å². The lowest BCUT2D eigenvalue weighted by atomic mass is 10.1. The Kier molecular flexibility index (Phi) is 4.78. The van der Waals surface area contributed by atoms with Crippen molar-refractivity contribution in [3.63, 3.8) is 0 Å². The number of fused-ring (bicyclic) bond motifs is 3. The minimum absolute atomic E-state index is 0.0916. The summed E-state index contributed by atoms with van der Waals surface area (Å²) in [6.45, 7) is 2.34. The van der Waals surface area contributed by atoms with Gasteiger partial charge in [0.1, 0.15) is 0 Å². The molecule has 0 saturated heterocycles. The van der Waals surface area contributed by atoms with Crippen molar-refractivity contribution in [2.45, 2.75) is 19.4 Å². The van der Waals surface area contributed by atoms with Crippen LogP contribution < -0.4 is 0 Å². The van der Waals surface area contributed by atoms with E-state index in [-0.39, 0.29) is 5.78 Å². The van der Waals surface area contributed by atoms with Gasteiger partial charge >= 0.3 is 0 Å². The molecule has 0 radical (unpaired) electrons. The molecule has 0 bridgehead atoms. The second kappa shape index (κ2) is 7.07. The molecular formula is C21H20Cl2N2O. The maximum Gasteiger partial charge on any atom is 0.182 e. The molecule has 0 N–H and O–H groups in total. The molecule has 1 aliphatic rings. The van der Waals surface area contributed by atoms with Crippen molar-refractivity contribution >= 4 is 39.9 Å². The van der Waals surface area contributed by atoms with Crippen LogP contribution in [0.25, 0.3) is 10.9 Å². The lowest BCUT2D eigenvalue weighted by Gasteiger charge is -2.14. The smallest absolute Gasteiger partial charge is 0.182 e. The van der Waals surface area contributed by atoms with Crippen LogP contribution in [-0.2, 0) is 19.4 Å². The summed E-state index contributed by atoms with van der Waals surface area (Å²) >= 11 is 12.2. The number of ketones is 1.